The molecular weight excluding hydrogens is 593 g/mol. The highest BCUT2D eigenvalue weighted by molar-refractivity contribution is 8.14. The monoisotopic (exact) mass is 626 g/mol. The van der Waals surface area contributed by atoms with Gasteiger partial charge in [-0.15, -0.1) is 13.2 Å². The molecule has 0 aromatic heterocycles. The number of carbonyl (C=O) groups is 2. The van der Waals surface area contributed by atoms with Crippen molar-refractivity contribution in [2.24, 2.45) is 20.7 Å². The number of thioether (sulfide) groups is 1. The lowest BCUT2D eigenvalue weighted by Crippen LogP contribution is -2.31. The van der Waals surface area contributed by atoms with E-state index in [0.29, 0.717) is 42.1 Å². The van der Waals surface area contributed by atoms with Crippen molar-refractivity contribution < 1.29 is 27.5 Å². The van der Waals surface area contributed by atoms with Gasteiger partial charge in [-0.05, 0) is 65.6 Å². The first-order chi connectivity index (χ1) is 21.0. The molecular formula is C31H33F3N6O3S. The zero-order valence-electron chi connectivity index (χ0n) is 24.4. The van der Waals surface area contributed by atoms with Crippen molar-refractivity contribution in [1.82, 2.24) is 5.32 Å². The van der Waals surface area contributed by atoms with Gasteiger partial charge in [-0.3, -0.25) is 9.69 Å². The summed E-state index contributed by atoms with van der Waals surface area (Å²) >= 11 is 1.30. The molecule has 0 aliphatic heterocycles. The maximum absolute atomic E-state index is 12.6. The van der Waals surface area contributed by atoms with Gasteiger partial charge < -0.3 is 15.8 Å². The number of aliphatic imine (C=N–C) groups is 3. The summed E-state index contributed by atoms with van der Waals surface area (Å²) in [6, 6.07) is 19.3. The van der Waals surface area contributed by atoms with Crippen LogP contribution in [0, 0.1) is 0 Å². The molecule has 3 aromatic carbocycles. The largest absolute Gasteiger partial charge is 0.573 e. The Bertz CT molecular complexity index is 1490. The van der Waals surface area contributed by atoms with Crippen LogP contribution in [0.1, 0.15) is 43.4 Å². The van der Waals surface area contributed by atoms with Crippen LogP contribution in [0.25, 0.3) is 0 Å². The average molecular weight is 627 g/mol. The Labute approximate surface area is 258 Å². The van der Waals surface area contributed by atoms with E-state index in [2.05, 4.69) is 38.9 Å². The molecule has 232 valence electrons. The van der Waals surface area contributed by atoms with E-state index in [9.17, 15) is 22.8 Å². The zero-order chi connectivity index (χ0) is 32.1. The van der Waals surface area contributed by atoms with Crippen LogP contribution in [0.4, 0.5) is 29.3 Å². The molecule has 0 aliphatic carbocycles. The third-order valence-corrected chi connectivity index (χ3v) is 6.85. The van der Waals surface area contributed by atoms with Gasteiger partial charge in [0.05, 0.1) is 11.4 Å². The van der Waals surface area contributed by atoms with Crippen molar-refractivity contribution in [2.75, 3.05) is 17.2 Å². The van der Waals surface area contributed by atoms with Crippen LogP contribution in [0.2, 0.25) is 0 Å². The van der Waals surface area contributed by atoms with Crippen molar-refractivity contribution in [3.05, 3.63) is 89.5 Å². The SMILES string of the molecule is CCSC(=NC(=O)NCCc1ccc(C(N)=NC=Nc2ccc(OC(F)(F)F)cc2)cc1)N(C=O)c1cccc(C(C)C)c1. The third-order valence-electron chi connectivity index (χ3n) is 6.01. The summed E-state index contributed by atoms with van der Waals surface area (Å²) in [6.07, 6.45) is -2.37. The average Bonchev–Trinajstić information content (AvgIpc) is 2.98. The molecule has 9 nitrogen and oxygen atoms in total. The fourth-order valence-corrected chi connectivity index (χ4v) is 4.48. The number of benzene rings is 3. The second kappa shape index (κ2) is 16.3. The molecule has 0 aliphatic rings. The predicted molar refractivity (Wildman–Crippen MR) is 170 cm³/mol. The minimum absolute atomic E-state index is 0.194. The lowest BCUT2D eigenvalue weighted by Gasteiger charge is -2.20. The standard InChI is InChI=1S/C31H33F3N6O3S/c1-4-44-30(40(20-41)26-7-5-6-24(18-26)21(2)3)39-29(42)36-17-16-22-8-10-23(11-9-22)28(35)38-19-37-25-12-14-27(15-13-25)43-31(32,33)34/h5-15,18-21H,4,16-17H2,1-3H3,(H,36,42)(H2,35,37,38). The first kappa shape index (κ1) is 33.8. The first-order valence-corrected chi connectivity index (χ1v) is 14.6. The van der Waals surface area contributed by atoms with Gasteiger partial charge in [0.15, 0.2) is 5.17 Å². The van der Waals surface area contributed by atoms with Crippen molar-refractivity contribution in [1.29, 1.82) is 0 Å². The molecule has 0 unspecified atom stereocenters. The number of anilines is 1. The summed E-state index contributed by atoms with van der Waals surface area (Å²) in [7, 11) is 0. The smallest absolute Gasteiger partial charge is 0.406 e. The second-order valence-corrected chi connectivity index (χ2v) is 10.8. The molecule has 13 heteroatoms. The molecule has 0 saturated heterocycles. The normalized spacial score (nSPS) is 12.4. The number of nitrogens with zero attached hydrogens (tertiary/aromatic N) is 4. The Kier molecular flexibility index (Phi) is 12.5. The van der Waals surface area contributed by atoms with Gasteiger partial charge in [0.1, 0.15) is 17.9 Å². The Balaban J connectivity index is 1.55. The van der Waals surface area contributed by atoms with Gasteiger partial charge in [0, 0.05) is 12.1 Å². The Morgan fingerprint density at radius 2 is 1.80 bits per heavy atom. The number of nitrogens with two attached hydrogens (primary N) is 1. The lowest BCUT2D eigenvalue weighted by molar-refractivity contribution is -0.274. The highest BCUT2D eigenvalue weighted by atomic mass is 32.2. The molecule has 0 radical (unpaired) electrons. The van der Waals surface area contributed by atoms with Crippen LogP contribution in [0.3, 0.4) is 0 Å². The van der Waals surface area contributed by atoms with E-state index in [1.54, 1.807) is 18.2 Å². The molecule has 0 saturated carbocycles. The molecule has 3 amide bonds. The van der Waals surface area contributed by atoms with E-state index in [0.717, 1.165) is 23.3 Å². The molecule has 0 atom stereocenters. The minimum Gasteiger partial charge on any atom is -0.406 e. The van der Waals surface area contributed by atoms with Gasteiger partial charge in [0.25, 0.3) is 0 Å². The number of ether oxygens (including phenoxy) is 1. The molecule has 3 aromatic rings. The van der Waals surface area contributed by atoms with E-state index in [-0.39, 0.29) is 22.7 Å². The highest BCUT2D eigenvalue weighted by Crippen LogP contribution is 2.25. The first-order valence-electron chi connectivity index (χ1n) is 13.6. The number of alkyl halides is 3. The highest BCUT2D eigenvalue weighted by Gasteiger charge is 2.30. The molecule has 0 heterocycles. The van der Waals surface area contributed by atoms with E-state index >= 15 is 0 Å². The fraction of sp³-hybridized carbons (Fsp3) is 0.258. The van der Waals surface area contributed by atoms with Crippen molar-refractivity contribution in [2.45, 2.75) is 39.5 Å². The molecule has 0 spiro atoms. The predicted octanol–water partition coefficient (Wildman–Crippen LogP) is 6.80. The van der Waals surface area contributed by atoms with Gasteiger partial charge in [-0.2, -0.15) is 4.99 Å². The van der Waals surface area contributed by atoms with Crippen molar-refractivity contribution in [3.63, 3.8) is 0 Å². The molecule has 3 rings (SSSR count). The molecule has 44 heavy (non-hydrogen) atoms. The summed E-state index contributed by atoms with van der Waals surface area (Å²) in [4.78, 5) is 38.2. The number of carbonyl (C=O) groups excluding carboxylic acids is 2. The number of hydrogen-bond donors (Lipinski definition) is 2. The van der Waals surface area contributed by atoms with Crippen LogP contribution >= 0.6 is 11.8 Å². The zero-order valence-corrected chi connectivity index (χ0v) is 25.2. The van der Waals surface area contributed by atoms with Crippen LogP contribution in [0.5, 0.6) is 5.75 Å². The maximum Gasteiger partial charge on any atom is 0.573 e. The second-order valence-electron chi connectivity index (χ2n) is 9.53. The summed E-state index contributed by atoms with van der Waals surface area (Å²) in [6.45, 7) is 6.36. The number of halogens is 3. The fourth-order valence-electron chi connectivity index (χ4n) is 3.78. The van der Waals surface area contributed by atoms with Crippen LogP contribution in [-0.2, 0) is 11.2 Å². The number of urea groups is 1. The molecule has 0 fully saturated rings. The number of hydrogen-bond acceptors (Lipinski definition) is 5. The summed E-state index contributed by atoms with van der Waals surface area (Å²) in [5, 5.41) is 3.05. The summed E-state index contributed by atoms with van der Waals surface area (Å²) in [5.41, 5.74) is 9.68. The number of nitrogens with one attached hydrogen (secondary N) is 1. The van der Waals surface area contributed by atoms with Crippen molar-refractivity contribution >= 4 is 52.9 Å². The quantitative estimate of drug-likeness (QED) is 0.138. The maximum atomic E-state index is 12.6. The van der Waals surface area contributed by atoms with Crippen LogP contribution in [0.15, 0.2) is 87.8 Å². The summed E-state index contributed by atoms with van der Waals surface area (Å²) in [5.74, 6) is 0.750. The van der Waals surface area contributed by atoms with Gasteiger partial charge in [-0.1, -0.05) is 68.9 Å². The van der Waals surface area contributed by atoms with Crippen LogP contribution in [-0.4, -0.2) is 48.4 Å². The van der Waals surface area contributed by atoms with Gasteiger partial charge in [0.2, 0.25) is 6.41 Å². The summed E-state index contributed by atoms with van der Waals surface area (Å²) < 4.78 is 40.6. The Morgan fingerprint density at radius 3 is 2.41 bits per heavy atom. The Morgan fingerprint density at radius 1 is 1.09 bits per heavy atom. The number of rotatable bonds is 11. The number of amides is 3. The third kappa shape index (κ3) is 10.9. The van der Waals surface area contributed by atoms with Gasteiger partial charge >= 0.3 is 12.4 Å². The number of amidine groups is 2. The Hall–Kier alpha value is -4.65. The van der Waals surface area contributed by atoms with E-state index in [1.807, 2.05) is 37.3 Å². The van der Waals surface area contributed by atoms with Crippen LogP contribution < -0.4 is 20.7 Å². The van der Waals surface area contributed by atoms with E-state index in [1.165, 1.54) is 35.1 Å². The van der Waals surface area contributed by atoms with E-state index < -0.39 is 12.4 Å². The minimum atomic E-state index is -4.76. The van der Waals surface area contributed by atoms with E-state index in [4.69, 9.17) is 5.73 Å². The topological polar surface area (TPSA) is 122 Å². The van der Waals surface area contributed by atoms with Gasteiger partial charge in [-0.25, -0.2) is 14.8 Å². The van der Waals surface area contributed by atoms with Crippen molar-refractivity contribution in [3.8, 4) is 5.75 Å². The molecule has 3 N–H and O–H groups in total. The molecule has 0 bridgehead atoms. The lowest BCUT2D eigenvalue weighted by atomic mass is 10.0.